The van der Waals surface area contributed by atoms with Gasteiger partial charge in [0.15, 0.2) is 0 Å². The van der Waals surface area contributed by atoms with Gasteiger partial charge in [0.25, 0.3) is 0 Å². The molecule has 0 spiro atoms. The fourth-order valence-corrected chi connectivity index (χ4v) is 2.52. The molecule has 0 aliphatic carbocycles. The molecule has 2 rings (SSSR count). The zero-order valence-electron chi connectivity index (χ0n) is 12.8. The first kappa shape index (κ1) is 15.7. The molecule has 2 aromatic rings. The van der Waals surface area contributed by atoms with E-state index in [1.807, 2.05) is 20.0 Å². The van der Waals surface area contributed by atoms with Crippen LogP contribution in [0, 0.1) is 12.7 Å². The Morgan fingerprint density at radius 3 is 2.48 bits per heavy atom. The highest BCUT2D eigenvalue weighted by atomic mass is 19.1. The summed E-state index contributed by atoms with van der Waals surface area (Å²) in [6.45, 7) is 2.73. The second kappa shape index (κ2) is 7.34. The molecule has 2 aromatic carbocycles. The van der Waals surface area contributed by atoms with Crippen molar-refractivity contribution in [1.29, 1.82) is 0 Å². The van der Waals surface area contributed by atoms with E-state index in [0.29, 0.717) is 0 Å². The van der Waals surface area contributed by atoms with E-state index in [0.717, 1.165) is 29.7 Å². The summed E-state index contributed by atoms with van der Waals surface area (Å²) in [6, 6.07) is 13.3. The lowest BCUT2D eigenvalue weighted by molar-refractivity contribution is 0.202. The number of methoxy groups -OCH3 is 1. The number of aryl methyl sites for hydroxylation is 1. The van der Waals surface area contributed by atoms with E-state index in [-0.39, 0.29) is 11.9 Å². The van der Waals surface area contributed by atoms with E-state index in [9.17, 15) is 4.39 Å². The maximum absolute atomic E-state index is 13.5. The summed E-state index contributed by atoms with van der Waals surface area (Å²) in [4.78, 5) is 0. The predicted molar refractivity (Wildman–Crippen MR) is 84.1 cm³/mol. The van der Waals surface area contributed by atoms with Gasteiger partial charge in [-0.05, 0) is 54.8 Å². The van der Waals surface area contributed by atoms with Gasteiger partial charge < -0.3 is 10.1 Å². The summed E-state index contributed by atoms with van der Waals surface area (Å²) in [5.41, 5.74) is 4.43. The Hall–Kier alpha value is -1.71. The fraction of sp³-hybridized carbons (Fsp3) is 0.333. The summed E-state index contributed by atoms with van der Waals surface area (Å²) in [5, 5.41) is 3.27. The van der Waals surface area contributed by atoms with Gasteiger partial charge in [-0.2, -0.15) is 0 Å². The van der Waals surface area contributed by atoms with Gasteiger partial charge in [-0.15, -0.1) is 0 Å². The van der Waals surface area contributed by atoms with Crippen LogP contribution in [0.2, 0.25) is 0 Å². The van der Waals surface area contributed by atoms with Gasteiger partial charge in [0.1, 0.15) is 5.82 Å². The molecule has 0 amide bonds. The number of ether oxygens (including phenoxy) is 1. The maximum atomic E-state index is 13.5. The van der Waals surface area contributed by atoms with Crippen LogP contribution < -0.4 is 5.32 Å². The number of hydrogen-bond donors (Lipinski definition) is 1. The van der Waals surface area contributed by atoms with Crippen molar-refractivity contribution in [3.05, 3.63) is 70.5 Å². The third-order valence-electron chi connectivity index (χ3n) is 3.75. The van der Waals surface area contributed by atoms with E-state index < -0.39 is 0 Å². The molecule has 3 heteroatoms. The normalized spacial score (nSPS) is 12.4. The Morgan fingerprint density at radius 1 is 1.14 bits per heavy atom. The van der Waals surface area contributed by atoms with Crippen molar-refractivity contribution < 1.29 is 9.13 Å². The monoisotopic (exact) mass is 287 g/mol. The molecule has 0 radical (unpaired) electrons. The van der Waals surface area contributed by atoms with Crippen LogP contribution in [-0.2, 0) is 11.2 Å². The van der Waals surface area contributed by atoms with Crippen LogP contribution in [0.5, 0.6) is 0 Å². The van der Waals surface area contributed by atoms with Crippen LogP contribution in [0.4, 0.5) is 4.39 Å². The Bertz CT molecular complexity index is 580. The standard InChI is InChI=1S/C18H22FNO/c1-13-4-9-16(19)12-17(13)18(20-2)15-7-5-14(6-8-15)10-11-21-3/h4-9,12,18,20H,10-11H2,1-3H3. The number of hydrogen-bond acceptors (Lipinski definition) is 2. The Labute approximate surface area is 126 Å². The maximum Gasteiger partial charge on any atom is 0.123 e. The minimum Gasteiger partial charge on any atom is -0.384 e. The summed E-state index contributed by atoms with van der Waals surface area (Å²) in [6.07, 6.45) is 0.903. The Balaban J connectivity index is 2.26. The minimum absolute atomic E-state index is 0.00262. The first-order valence-corrected chi connectivity index (χ1v) is 7.16. The highest BCUT2D eigenvalue weighted by Crippen LogP contribution is 2.25. The highest BCUT2D eigenvalue weighted by Gasteiger charge is 2.15. The van der Waals surface area contributed by atoms with Gasteiger partial charge in [0, 0.05) is 7.11 Å². The van der Waals surface area contributed by atoms with E-state index in [1.165, 1.54) is 11.6 Å². The largest absolute Gasteiger partial charge is 0.384 e. The molecule has 0 heterocycles. The smallest absolute Gasteiger partial charge is 0.123 e. The Morgan fingerprint density at radius 2 is 1.86 bits per heavy atom. The lowest BCUT2D eigenvalue weighted by Crippen LogP contribution is -2.19. The van der Waals surface area contributed by atoms with Crippen LogP contribution >= 0.6 is 0 Å². The molecule has 112 valence electrons. The molecular formula is C18H22FNO. The summed E-state index contributed by atoms with van der Waals surface area (Å²) >= 11 is 0. The van der Waals surface area contributed by atoms with Crippen molar-refractivity contribution >= 4 is 0 Å². The lowest BCUT2D eigenvalue weighted by atomic mass is 9.94. The summed E-state index contributed by atoms with van der Waals surface area (Å²) in [5.74, 6) is -0.201. The fourth-order valence-electron chi connectivity index (χ4n) is 2.52. The van der Waals surface area contributed by atoms with Gasteiger partial charge in [0.2, 0.25) is 0 Å². The zero-order chi connectivity index (χ0) is 15.2. The van der Waals surface area contributed by atoms with Gasteiger partial charge in [-0.3, -0.25) is 0 Å². The molecule has 0 bridgehead atoms. The van der Waals surface area contributed by atoms with Crippen molar-refractivity contribution in [1.82, 2.24) is 5.32 Å². The number of benzene rings is 2. The average Bonchev–Trinajstić information content (AvgIpc) is 2.50. The summed E-state index contributed by atoms with van der Waals surface area (Å²) in [7, 11) is 3.60. The molecule has 1 unspecified atom stereocenters. The predicted octanol–water partition coefficient (Wildman–Crippen LogP) is 3.63. The van der Waals surface area contributed by atoms with Crippen molar-refractivity contribution in [2.45, 2.75) is 19.4 Å². The van der Waals surface area contributed by atoms with E-state index in [2.05, 4.69) is 29.6 Å². The lowest BCUT2D eigenvalue weighted by Gasteiger charge is -2.20. The van der Waals surface area contributed by atoms with E-state index in [4.69, 9.17) is 4.74 Å². The molecule has 0 saturated heterocycles. The van der Waals surface area contributed by atoms with Crippen molar-refractivity contribution in [2.75, 3.05) is 20.8 Å². The molecule has 0 aliphatic heterocycles. The molecule has 2 nitrogen and oxygen atoms in total. The zero-order valence-corrected chi connectivity index (χ0v) is 12.8. The van der Waals surface area contributed by atoms with Crippen molar-refractivity contribution in [3.8, 4) is 0 Å². The second-order valence-electron chi connectivity index (χ2n) is 5.21. The first-order chi connectivity index (χ1) is 10.2. The SMILES string of the molecule is CNC(c1ccc(CCOC)cc1)c1cc(F)ccc1C. The van der Waals surface area contributed by atoms with Crippen LogP contribution in [0.25, 0.3) is 0 Å². The van der Waals surface area contributed by atoms with E-state index in [1.54, 1.807) is 13.2 Å². The van der Waals surface area contributed by atoms with Gasteiger partial charge in [0.05, 0.1) is 12.6 Å². The molecule has 1 atom stereocenters. The minimum atomic E-state index is -0.201. The van der Waals surface area contributed by atoms with E-state index >= 15 is 0 Å². The third kappa shape index (κ3) is 3.90. The topological polar surface area (TPSA) is 21.3 Å². The number of nitrogens with one attached hydrogen (secondary N) is 1. The van der Waals surface area contributed by atoms with Crippen molar-refractivity contribution in [2.24, 2.45) is 0 Å². The third-order valence-corrected chi connectivity index (χ3v) is 3.75. The highest BCUT2D eigenvalue weighted by molar-refractivity contribution is 5.38. The molecule has 0 aliphatic rings. The Kier molecular flexibility index (Phi) is 5.48. The average molecular weight is 287 g/mol. The van der Waals surface area contributed by atoms with Gasteiger partial charge in [-0.25, -0.2) is 4.39 Å². The molecule has 21 heavy (non-hydrogen) atoms. The first-order valence-electron chi connectivity index (χ1n) is 7.16. The van der Waals surface area contributed by atoms with Crippen LogP contribution in [-0.4, -0.2) is 20.8 Å². The molecule has 0 saturated carbocycles. The molecule has 0 fully saturated rings. The summed E-state index contributed by atoms with van der Waals surface area (Å²) < 4.78 is 18.6. The number of halogens is 1. The van der Waals surface area contributed by atoms with Crippen LogP contribution in [0.3, 0.4) is 0 Å². The van der Waals surface area contributed by atoms with Crippen molar-refractivity contribution in [3.63, 3.8) is 0 Å². The molecule has 1 N–H and O–H groups in total. The van der Waals surface area contributed by atoms with Gasteiger partial charge in [-0.1, -0.05) is 30.3 Å². The quantitative estimate of drug-likeness (QED) is 0.876. The number of rotatable bonds is 6. The van der Waals surface area contributed by atoms with Crippen LogP contribution in [0.1, 0.15) is 28.3 Å². The molecular weight excluding hydrogens is 265 g/mol. The second-order valence-corrected chi connectivity index (χ2v) is 5.21. The molecule has 0 aromatic heterocycles. The van der Waals surface area contributed by atoms with Gasteiger partial charge >= 0.3 is 0 Å². The van der Waals surface area contributed by atoms with Crippen LogP contribution in [0.15, 0.2) is 42.5 Å².